The van der Waals surface area contributed by atoms with E-state index in [1.807, 2.05) is 0 Å². The normalized spacial score (nSPS) is 49.9. The predicted octanol–water partition coefficient (Wildman–Crippen LogP) is 4.14. The van der Waals surface area contributed by atoms with E-state index in [4.69, 9.17) is 9.47 Å². The molecule has 34 heavy (non-hydrogen) atoms. The summed E-state index contributed by atoms with van der Waals surface area (Å²) >= 11 is 0. The van der Waals surface area contributed by atoms with Crippen molar-refractivity contribution in [3.8, 4) is 0 Å². The fourth-order valence-corrected chi connectivity index (χ4v) is 9.65. The third-order valence-corrected chi connectivity index (χ3v) is 11.0. The molecule has 4 saturated carbocycles. The molecular formula is C28H41NO5. The fraction of sp³-hybridized carbons (Fsp3) is 0.857. The Balaban J connectivity index is 1.40. The average Bonchev–Trinajstić information content (AvgIpc) is 3.50. The van der Waals surface area contributed by atoms with E-state index in [0.29, 0.717) is 30.9 Å². The van der Waals surface area contributed by atoms with Crippen molar-refractivity contribution in [3.63, 3.8) is 0 Å². The largest absolute Gasteiger partial charge is 0.481 e. The van der Waals surface area contributed by atoms with Crippen molar-refractivity contribution in [2.24, 2.45) is 45.8 Å². The maximum atomic E-state index is 13.5. The van der Waals surface area contributed by atoms with Crippen LogP contribution in [0.25, 0.3) is 0 Å². The monoisotopic (exact) mass is 471 g/mol. The highest BCUT2D eigenvalue weighted by atomic mass is 16.7. The lowest BCUT2D eigenvalue weighted by Crippen LogP contribution is -2.64. The number of ether oxygens (including phenoxy) is 2. The van der Waals surface area contributed by atoms with Gasteiger partial charge in [0.2, 0.25) is 0 Å². The minimum atomic E-state index is -1.16. The fourth-order valence-electron chi connectivity index (χ4n) is 9.65. The summed E-state index contributed by atoms with van der Waals surface area (Å²) in [7, 11) is 0. The summed E-state index contributed by atoms with van der Waals surface area (Å²) < 4.78 is 12.8. The van der Waals surface area contributed by atoms with Crippen LogP contribution >= 0.6 is 0 Å². The number of hydrogen-bond acceptors (Lipinski definition) is 5. The third kappa shape index (κ3) is 2.74. The van der Waals surface area contributed by atoms with Gasteiger partial charge in [-0.3, -0.25) is 9.69 Å². The third-order valence-electron chi connectivity index (χ3n) is 11.0. The molecule has 6 rings (SSSR count). The summed E-state index contributed by atoms with van der Waals surface area (Å²) in [5, 5.41) is 11.1. The van der Waals surface area contributed by atoms with E-state index in [1.54, 1.807) is 0 Å². The lowest BCUT2D eigenvalue weighted by atomic mass is 9.43. The number of morpholine rings is 1. The molecule has 188 valence electrons. The first-order valence-corrected chi connectivity index (χ1v) is 13.6. The molecule has 5 aliphatic carbocycles. The van der Waals surface area contributed by atoms with E-state index in [9.17, 15) is 14.7 Å². The van der Waals surface area contributed by atoms with Crippen molar-refractivity contribution in [2.45, 2.75) is 84.7 Å². The van der Waals surface area contributed by atoms with Crippen molar-refractivity contribution in [1.82, 2.24) is 4.90 Å². The van der Waals surface area contributed by atoms with Crippen LogP contribution in [0, 0.1) is 45.8 Å². The summed E-state index contributed by atoms with van der Waals surface area (Å²) in [6.45, 7) is 10.6. The minimum absolute atomic E-state index is 0.0737. The zero-order valence-electron chi connectivity index (χ0n) is 21.2. The van der Waals surface area contributed by atoms with Crippen LogP contribution in [0.1, 0.15) is 66.2 Å². The number of carbonyl (C=O) groups is 2. The Morgan fingerprint density at radius 3 is 2.65 bits per heavy atom. The molecule has 6 heteroatoms. The van der Waals surface area contributed by atoms with Gasteiger partial charge < -0.3 is 19.4 Å². The van der Waals surface area contributed by atoms with Crippen molar-refractivity contribution >= 4 is 12.3 Å². The first kappa shape index (κ1) is 23.2. The molecule has 5 fully saturated rings. The van der Waals surface area contributed by atoms with Crippen LogP contribution in [-0.2, 0) is 19.1 Å². The molecule has 6 nitrogen and oxygen atoms in total. The number of carboxylic acid groups (broad SMARTS) is 1. The average molecular weight is 472 g/mol. The van der Waals surface area contributed by atoms with E-state index in [-0.39, 0.29) is 30.1 Å². The van der Waals surface area contributed by atoms with E-state index >= 15 is 0 Å². The minimum Gasteiger partial charge on any atom is -0.481 e. The van der Waals surface area contributed by atoms with Crippen LogP contribution < -0.4 is 0 Å². The highest BCUT2D eigenvalue weighted by molar-refractivity contribution is 5.90. The number of rotatable bonds is 7. The highest BCUT2D eigenvalue weighted by Gasteiger charge is 2.84. The standard InChI is InChI=1S/C28H41NO5/c1-16(2)23-9-19-10-26(14-30)22-8-5-17(3)21(22)11-27(19,28(23,26)25(31)32)15-33-24-13-29(20-6-7-20)12-18(4)34-24/h9,14,16-22,24H,5-8,10-13,15H2,1-4H3,(H,31,32)/t17-,18-,19-,21-,22-,24-,26+,27?,28+/m1/s1. The Kier molecular flexibility index (Phi) is 5.20. The second-order valence-corrected chi connectivity index (χ2v) is 12.9. The molecule has 1 N–H and O–H groups in total. The lowest BCUT2D eigenvalue weighted by Gasteiger charge is -2.58. The molecule has 6 aliphatic rings. The van der Waals surface area contributed by atoms with Gasteiger partial charge in [-0.1, -0.05) is 38.8 Å². The van der Waals surface area contributed by atoms with E-state index in [2.05, 4.69) is 38.7 Å². The van der Waals surface area contributed by atoms with Crippen LogP contribution in [0.3, 0.4) is 0 Å². The number of fused-ring (bicyclic) bond motifs is 2. The number of allylic oxidation sites excluding steroid dienone is 1. The second kappa shape index (κ2) is 7.63. The maximum Gasteiger partial charge on any atom is 0.315 e. The zero-order valence-corrected chi connectivity index (χ0v) is 21.2. The Hall–Kier alpha value is -1.24. The molecule has 9 atom stereocenters. The van der Waals surface area contributed by atoms with Gasteiger partial charge in [0.15, 0.2) is 6.29 Å². The molecule has 0 radical (unpaired) electrons. The van der Waals surface area contributed by atoms with E-state index in [1.165, 1.54) is 12.8 Å². The maximum absolute atomic E-state index is 13.5. The molecule has 1 unspecified atom stereocenters. The summed E-state index contributed by atoms with van der Waals surface area (Å²) in [6, 6.07) is 0.648. The molecule has 0 aromatic carbocycles. The molecule has 1 aliphatic heterocycles. The van der Waals surface area contributed by atoms with Gasteiger partial charge in [-0.2, -0.15) is 0 Å². The van der Waals surface area contributed by atoms with Crippen LogP contribution in [0.15, 0.2) is 11.6 Å². The SMILES string of the molecule is CC(C)C1=C[C@@H]2C[C@]3(C=O)[C@@H]4CC[C@@H](C)[C@H]4CC2(CO[C@H]2CN(C4CC4)C[C@@H](C)O2)[C@]13C(=O)O. The van der Waals surface area contributed by atoms with Gasteiger partial charge in [0, 0.05) is 24.5 Å². The summed E-state index contributed by atoms with van der Waals surface area (Å²) in [5.41, 5.74) is -1.59. The van der Waals surface area contributed by atoms with Gasteiger partial charge in [-0.15, -0.1) is 0 Å². The first-order chi connectivity index (χ1) is 16.2. The Morgan fingerprint density at radius 1 is 1.24 bits per heavy atom. The molecule has 1 saturated heterocycles. The van der Waals surface area contributed by atoms with Crippen LogP contribution in [-0.4, -0.2) is 60.4 Å². The van der Waals surface area contributed by atoms with Gasteiger partial charge >= 0.3 is 5.97 Å². The highest BCUT2D eigenvalue weighted by Crippen LogP contribution is 2.82. The van der Waals surface area contributed by atoms with Crippen molar-refractivity contribution in [3.05, 3.63) is 11.6 Å². The van der Waals surface area contributed by atoms with Crippen molar-refractivity contribution in [1.29, 1.82) is 0 Å². The number of nitrogens with zero attached hydrogens (tertiary/aromatic N) is 1. The number of carbonyl (C=O) groups excluding carboxylic acids is 1. The molecular weight excluding hydrogens is 430 g/mol. The first-order valence-electron chi connectivity index (χ1n) is 13.6. The molecule has 0 amide bonds. The molecule has 0 spiro atoms. The quantitative estimate of drug-likeness (QED) is 0.444. The zero-order chi connectivity index (χ0) is 24.0. The smallest absolute Gasteiger partial charge is 0.315 e. The van der Waals surface area contributed by atoms with Crippen molar-refractivity contribution in [2.75, 3.05) is 19.7 Å². The summed E-state index contributed by atoms with van der Waals surface area (Å²) in [5.74, 6) is 0.425. The number of hydrogen-bond donors (Lipinski definition) is 1. The number of carboxylic acids is 1. The van der Waals surface area contributed by atoms with Gasteiger partial charge in [-0.25, -0.2) is 0 Å². The second-order valence-electron chi connectivity index (χ2n) is 12.9. The molecule has 4 bridgehead atoms. The van der Waals surface area contributed by atoms with Gasteiger partial charge in [0.05, 0.1) is 18.1 Å². The topological polar surface area (TPSA) is 76.1 Å². The lowest BCUT2D eigenvalue weighted by molar-refractivity contribution is -0.237. The van der Waals surface area contributed by atoms with E-state index in [0.717, 1.165) is 44.2 Å². The Labute approximate surface area is 203 Å². The molecule has 0 aromatic heterocycles. The van der Waals surface area contributed by atoms with Gasteiger partial charge in [-0.05, 0) is 68.6 Å². The van der Waals surface area contributed by atoms with Gasteiger partial charge in [0.1, 0.15) is 11.7 Å². The number of aldehydes is 1. The van der Waals surface area contributed by atoms with Crippen LogP contribution in [0.4, 0.5) is 0 Å². The van der Waals surface area contributed by atoms with Crippen molar-refractivity contribution < 1.29 is 24.2 Å². The molecule has 0 aromatic rings. The molecule has 1 heterocycles. The van der Waals surface area contributed by atoms with Gasteiger partial charge in [0.25, 0.3) is 0 Å². The van der Waals surface area contributed by atoms with Crippen LogP contribution in [0.5, 0.6) is 0 Å². The Bertz CT molecular complexity index is 912. The Morgan fingerprint density at radius 2 is 2.00 bits per heavy atom. The van der Waals surface area contributed by atoms with E-state index < -0.39 is 22.2 Å². The number of aliphatic carboxylic acids is 1. The summed E-state index contributed by atoms with van der Waals surface area (Å²) in [6.07, 6.45) is 9.15. The van der Waals surface area contributed by atoms with Crippen LogP contribution in [0.2, 0.25) is 0 Å². The predicted molar refractivity (Wildman–Crippen MR) is 127 cm³/mol. The summed E-state index contributed by atoms with van der Waals surface area (Å²) in [4.78, 5) is 29.1.